The van der Waals surface area contributed by atoms with Crippen LogP contribution in [0.1, 0.15) is 16.7 Å². The zero-order chi connectivity index (χ0) is 18.6. The molecular weight excluding hydrogens is 360 g/mol. The molecule has 1 aromatic heterocycles. The van der Waals surface area contributed by atoms with Crippen LogP contribution in [0.3, 0.4) is 0 Å². The first-order chi connectivity index (χ1) is 13.2. The lowest BCUT2D eigenvalue weighted by molar-refractivity contribution is 0.181. The number of oxime groups is 1. The maximum absolute atomic E-state index is 8.99. The van der Waals surface area contributed by atoms with E-state index in [0.29, 0.717) is 16.4 Å². The van der Waals surface area contributed by atoms with Gasteiger partial charge in [0.05, 0.1) is 23.0 Å². The molecule has 0 amide bonds. The van der Waals surface area contributed by atoms with Crippen molar-refractivity contribution in [3.63, 3.8) is 0 Å². The molecule has 1 aliphatic heterocycles. The number of benzene rings is 2. The fourth-order valence-electron chi connectivity index (χ4n) is 2.79. The van der Waals surface area contributed by atoms with E-state index >= 15 is 0 Å². The quantitative estimate of drug-likeness (QED) is 0.681. The molecular formula is C21H13ClN4O. The fraction of sp³-hybridized carbons (Fsp3) is 0.0476. The molecule has 0 saturated heterocycles. The number of aliphatic imine (C=N–C) groups is 1. The SMILES string of the molecule is N#Cc1ccc(-c2ncccc2C2=NC(c3cccc(Cl)c3)=NOC2)cc1. The van der Waals surface area contributed by atoms with Crippen LogP contribution in [0, 0.1) is 11.3 Å². The van der Waals surface area contributed by atoms with Crippen molar-refractivity contribution in [2.45, 2.75) is 0 Å². The number of aromatic nitrogens is 1. The topological polar surface area (TPSA) is 70.6 Å². The minimum Gasteiger partial charge on any atom is -0.387 e. The highest BCUT2D eigenvalue weighted by Gasteiger charge is 2.18. The van der Waals surface area contributed by atoms with E-state index in [9.17, 15) is 0 Å². The second-order valence-electron chi connectivity index (χ2n) is 5.85. The van der Waals surface area contributed by atoms with Gasteiger partial charge in [0.1, 0.15) is 0 Å². The number of halogens is 1. The summed E-state index contributed by atoms with van der Waals surface area (Å²) in [5.41, 5.74) is 4.65. The molecule has 2 aromatic carbocycles. The molecule has 0 bridgehead atoms. The fourth-order valence-corrected chi connectivity index (χ4v) is 2.98. The average molecular weight is 373 g/mol. The number of hydrogen-bond donors (Lipinski definition) is 0. The van der Waals surface area contributed by atoms with Crippen LogP contribution < -0.4 is 0 Å². The van der Waals surface area contributed by atoms with E-state index in [1.807, 2.05) is 36.4 Å². The summed E-state index contributed by atoms with van der Waals surface area (Å²) in [6, 6.07) is 20.5. The van der Waals surface area contributed by atoms with Gasteiger partial charge in [-0.05, 0) is 36.4 Å². The van der Waals surface area contributed by atoms with Crippen LogP contribution in [0.2, 0.25) is 5.02 Å². The van der Waals surface area contributed by atoms with Crippen molar-refractivity contribution < 1.29 is 4.84 Å². The lowest BCUT2D eigenvalue weighted by Gasteiger charge is -2.15. The van der Waals surface area contributed by atoms with Gasteiger partial charge < -0.3 is 4.84 Å². The molecule has 0 saturated carbocycles. The van der Waals surface area contributed by atoms with Crippen LogP contribution in [-0.4, -0.2) is 23.1 Å². The van der Waals surface area contributed by atoms with Gasteiger partial charge in [-0.2, -0.15) is 5.26 Å². The van der Waals surface area contributed by atoms with E-state index < -0.39 is 0 Å². The molecule has 4 rings (SSSR count). The monoisotopic (exact) mass is 372 g/mol. The first-order valence-electron chi connectivity index (χ1n) is 8.24. The van der Waals surface area contributed by atoms with Gasteiger partial charge in [0.2, 0.25) is 0 Å². The van der Waals surface area contributed by atoms with Crippen molar-refractivity contribution >= 4 is 23.1 Å². The van der Waals surface area contributed by atoms with Crippen LogP contribution in [-0.2, 0) is 4.84 Å². The van der Waals surface area contributed by atoms with Gasteiger partial charge in [0.25, 0.3) is 0 Å². The van der Waals surface area contributed by atoms with Crippen LogP contribution >= 0.6 is 11.6 Å². The van der Waals surface area contributed by atoms with Crippen molar-refractivity contribution in [2.75, 3.05) is 6.61 Å². The Bertz CT molecular complexity index is 1100. The van der Waals surface area contributed by atoms with Gasteiger partial charge in [0.15, 0.2) is 12.4 Å². The molecule has 1 aliphatic rings. The number of rotatable bonds is 3. The van der Waals surface area contributed by atoms with E-state index in [0.717, 1.165) is 28.1 Å². The first kappa shape index (κ1) is 17.0. The van der Waals surface area contributed by atoms with Gasteiger partial charge in [-0.3, -0.25) is 4.98 Å². The van der Waals surface area contributed by atoms with Crippen LogP contribution in [0.5, 0.6) is 0 Å². The molecule has 0 spiro atoms. The first-order valence-corrected chi connectivity index (χ1v) is 8.62. The van der Waals surface area contributed by atoms with Crippen molar-refractivity contribution in [3.05, 3.63) is 88.6 Å². The average Bonchev–Trinajstić information content (AvgIpc) is 2.74. The third-order valence-electron chi connectivity index (χ3n) is 4.08. The molecule has 0 N–H and O–H groups in total. The largest absolute Gasteiger partial charge is 0.387 e. The highest BCUT2D eigenvalue weighted by atomic mass is 35.5. The summed E-state index contributed by atoms with van der Waals surface area (Å²) < 4.78 is 0. The number of amidine groups is 1. The Morgan fingerprint density at radius 3 is 2.63 bits per heavy atom. The van der Waals surface area contributed by atoms with Gasteiger partial charge in [-0.25, -0.2) is 4.99 Å². The van der Waals surface area contributed by atoms with Crippen molar-refractivity contribution in [1.82, 2.24) is 4.98 Å². The van der Waals surface area contributed by atoms with Crippen molar-refractivity contribution in [2.24, 2.45) is 10.1 Å². The Hall–Kier alpha value is -3.49. The maximum Gasteiger partial charge on any atom is 0.199 e. The molecule has 0 radical (unpaired) electrons. The Balaban J connectivity index is 1.75. The number of hydrogen-bond acceptors (Lipinski definition) is 5. The molecule has 130 valence electrons. The molecule has 0 aliphatic carbocycles. The normalized spacial score (nSPS) is 13.2. The molecule has 6 heteroatoms. The van der Waals surface area contributed by atoms with Crippen LogP contribution in [0.4, 0.5) is 0 Å². The van der Waals surface area contributed by atoms with Crippen molar-refractivity contribution in [1.29, 1.82) is 5.26 Å². The molecule has 27 heavy (non-hydrogen) atoms. The summed E-state index contributed by atoms with van der Waals surface area (Å²) in [5, 5.41) is 13.7. The molecule has 3 aromatic rings. The molecule has 0 atom stereocenters. The third-order valence-corrected chi connectivity index (χ3v) is 4.32. The summed E-state index contributed by atoms with van der Waals surface area (Å²) in [7, 11) is 0. The van der Waals surface area contributed by atoms with E-state index in [-0.39, 0.29) is 6.61 Å². The smallest absolute Gasteiger partial charge is 0.199 e. The van der Waals surface area contributed by atoms with Crippen LogP contribution in [0.25, 0.3) is 11.3 Å². The summed E-state index contributed by atoms with van der Waals surface area (Å²) >= 11 is 6.07. The van der Waals surface area contributed by atoms with Gasteiger partial charge in [-0.1, -0.05) is 41.0 Å². The van der Waals surface area contributed by atoms with Gasteiger partial charge >= 0.3 is 0 Å². The Morgan fingerprint density at radius 1 is 1.00 bits per heavy atom. The summed E-state index contributed by atoms with van der Waals surface area (Å²) in [4.78, 5) is 14.6. The maximum atomic E-state index is 8.99. The molecule has 5 nitrogen and oxygen atoms in total. The Labute approximate surface area is 161 Å². The summed E-state index contributed by atoms with van der Waals surface area (Å²) in [5.74, 6) is 0.466. The minimum atomic E-state index is 0.249. The van der Waals surface area contributed by atoms with Crippen LogP contribution in [0.15, 0.2) is 77.0 Å². The van der Waals surface area contributed by atoms with Gasteiger partial charge in [0, 0.05) is 27.9 Å². The highest BCUT2D eigenvalue weighted by Crippen LogP contribution is 2.24. The van der Waals surface area contributed by atoms with E-state index in [4.69, 9.17) is 21.7 Å². The van der Waals surface area contributed by atoms with E-state index in [1.165, 1.54) is 0 Å². The summed E-state index contributed by atoms with van der Waals surface area (Å²) in [6.45, 7) is 0.249. The zero-order valence-electron chi connectivity index (χ0n) is 14.1. The third kappa shape index (κ3) is 3.57. The second kappa shape index (κ2) is 7.40. The molecule has 0 unspecified atom stereocenters. The van der Waals surface area contributed by atoms with E-state index in [1.54, 1.807) is 30.5 Å². The highest BCUT2D eigenvalue weighted by molar-refractivity contribution is 6.31. The van der Waals surface area contributed by atoms with Crippen molar-refractivity contribution in [3.8, 4) is 17.3 Å². The van der Waals surface area contributed by atoms with E-state index in [2.05, 4.69) is 21.2 Å². The predicted molar refractivity (Wildman–Crippen MR) is 105 cm³/mol. The summed E-state index contributed by atoms with van der Waals surface area (Å²) in [6.07, 6.45) is 1.73. The number of nitrogens with zero attached hydrogens (tertiary/aromatic N) is 4. The number of pyridine rings is 1. The lowest BCUT2D eigenvalue weighted by Crippen LogP contribution is -2.18. The zero-order valence-corrected chi connectivity index (χ0v) is 14.9. The molecule has 0 fully saturated rings. The Kier molecular flexibility index (Phi) is 4.65. The molecule has 2 heterocycles. The lowest BCUT2D eigenvalue weighted by atomic mass is 10.0. The standard InChI is InChI=1S/C21H13ClN4O/c22-17-4-1-3-16(11-17)21-25-19(13-27-26-21)18-5-2-10-24-20(18)15-8-6-14(12-23)7-9-15/h1-11H,13H2. The minimum absolute atomic E-state index is 0.249. The van der Waals surface area contributed by atoms with Gasteiger partial charge in [-0.15, -0.1) is 0 Å². The number of nitriles is 1. The Morgan fingerprint density at radius 2 is 1.85 bits per heavy atom. The second-order valence-corrected chi connectivity index (χ2v) is 6.28. The predicted octanol–water partition coefficient (Wildman–Crippen LogP) is 4.45.